The third-order valence-corrected chi connectivity index (χ3v) is 8.88. The quantitative estimate of drug-likeness (QED) is 0.0231. The average Bonchev–Trinajstić information content (AvgIpc) is 3.31. The molecule has 2 heterocycles. The number of azide groups is 1. The van der Waals surface area contributed by atoms with Crippen molar-refractivity contribution in [3.8, 4) is 0 Å². The Morgan fingerprint density at radius 2 is 1.63 bits per heavy atom. The van der Waals surface area contributed by atoms with Crippen LogP contribution < -0.4 is 21.8 Å². The zero-order chi connectivity index (χ0) is 38.3. The van der Waals surface area contributed by atoms with Crippen molar-refractivity contribution in [2.24, 2.45) is 5.11 Å². The number of halogens is 2. The summed E-state index contributed by atoms with van der Waals surface area (Å²) in [6, 6.07) is 1.05. The van der Waals surface area contributed by atoms with Crippen LogP contribution in [0.15, 0.2) is 95.1 Å². The van der Waals surface area contributed by atoms with E-state index < -0.39 is 44.0 Å². The van der Waals surface area contributed by atoms with Crippen LogP contribution in [0.2, 0.25) is 0 Å². The van der Waals surface area contributed by atoms with Crippen LogP contribution in [0.4, 0.5) is 14.6 Å². The van der Waals surface area contributed by atoms with Crippen LogP contribution in [-0.2, 0) is 23.1 Å². The van der Waals surface area contributed by atoms with Gasteiger partial charge in [-0.2, -0.15) is 13.8 Å². The molecule has 18 heteroatoms. The van der Waals surface area contributed by atoms with Crippen LogP contribution in [0.1, 0.15) is 64.5 Å². The number of aromatic nitrogens is 2. The molecule has 0 spiro atoms. The lowest BCUT2D eigenvalue weighted by Crippen LogP contribution is -2.48. The Balaban J connectivity index is 1.69. The first-order valence-electron chi connectivity index (χ1n) is 16.8. The molecule has 1 fully saturated rings. The summed E-state index contributed by atoms with van der Waals surface area (Å²) in [5.41, 5.74) is 10.4. The zero-order valence-electron chi connectivity index (χ0n) is 29.4. The number of hydrogen-bond acceptors (Lipinski definition) is 10. The highest BCUT2D eigenvalue weighted by Crippen LogP contribution is 2.51. The minimum Gasteiger partial charge on any atom is -0.383 e. The lowest BCUT2D eigenvalue weighted by atomic mass is 10.1. The van der Waals surface area contributed by atoms with Crippen LogP contribution in [0.3, 0.4) is 0 Å². The van der Waals surface area contributed by atoms with Gasteiger partial charge in [-0.3, -0.25) is 13.9 Å². The molecule has 1 amide bonds. The maximum absolute atomic E-state index is 15.1. The Bertz CT molecular complexity index is 1610. The molecule has 286 valence electrons. The average molecular weight is 751 g/mol. The van der Waals surface area contributed by atoms with Crippen molar-refractivity contribution in [2.75, 3.05) is 32.5 Å². The maximum Gasteiger partial charge on any atom is 0.405 e. The highest BCUT2D eigenvalue weighted by Gasteiger charge is 2.67. The first-order chi connectivity index (χ1) is 24.9. The number of nitrogens with two attached hydrogens (primary N) is 1. The highest BCUT2D eigenvalue weighted by atomic mass is 31.2. The molecular weight excluding hydrogens is 701 g/mol. The van der Waals surface area contributed by atoms with Crippen LogP contribution in [0, 0.1) is 0 Å². The number of nitrogens with zero attached hydrogens (tertiary/aromatic N) is 5. The van der Waals surface area contributed by atoms with E-state index in [2.05, 4.69) is 87.0 Å². The summed E-state index contributed by atoms with van der Waals surface area (Å²) in [5, 5.41) is 18.7. The molecule has 15 nitrogen and oxygen atoms in total. The number of anilines is 1. The van der Waals surface area contributed by atoms with Gasteiger partial charge in [0.1, 0.15) is 5.82 Å². The van der Waals surface area contributed by atoms with Crippen molar-refractivity contribution in [1.82, 2.24) is 20.0 Å². The van der Waals surface area contributed by atoms with Crippen molar-refractivity contribution in [1.29, 1.82) is 0 Å². The predicted octanol–water partition coefficient (Wildman–Crippen LogP) is 6.31. The Kier molecular flexibility index (Phi) is 19.8. The Hall–Kier alpha value is -4.21. The molecule has 5 N–H and O–H groups in total. The van der Waals surface area contributed by atoms with Gasteiger partial charge in [0.2, 0.25) is 17.9 Å². The number of carbonyl (C=O) groups is 1. The van der Waals surface area contributed by atoms with E-state index in [4.69, 9.17) is 25.0 Å². The van der Waals surface area contributed by atoms with Crippen molar-refractivity contribution in [2.45, 2.75) is 82.3 Å². The topological polar surface area (TPSA) is 216 Å². The second kappa shape index (κ2) is 23.4. The largest absolute Gasteiger partial charge is 0.405 e. The second-order valence-corrected chi connectivity index (χ2v) is 13.2. The summed E-state index contributed by atoms with van der Waals surface area (Å²) in [6.07, 6.45) is 26.9. The number of aliphatic hydroxyl groups excluding tert-OH is 1. The van der Waals surface area contributed by atoms with Gasteiger partial charge in [0.15, 0.2) is 6.10 Å². The van der Waals surface area contributed by atoms with Crippen molar-refractivity contribution < 1.29 is 37.0 Å². The Labute approximate surface area is 302 Å². The molecule has 0 aliphatic carbocycles. The minimum absolute atomic E-state index is 0.00705. The molecule has 0 bridgehead atoms. The van der Waals surface area contributed by atoms with Gasteiger partial charge < -0.3 is 25.4 Å². The fourth-order valence-corrected chi connectivity index (χ4v) is 5.66. The molecule has 1 aromatic heterocycles. The SMILES string of the molecule is CC/C=C\C/C=C\C/C=C\C/C=C\C/C=C\C/C=C\CCC(=O)NCCNP(=O)(OC)OC[C@@]1(N=[N+]=[N-])O[C@@H](n2ccc(N)nc2=O)C(F)(F)[C@@H]1O. The van der Waals surface area contributed by atoms with Crippen LogP contribution >= 0.6 is 7.75 Å². The molecule has 1 aliphatic heterocycles. The number of amides is 1. The molecule has 2 rings (SSSR count). The third-order valence-electron chi connectivity index (χ3n) is 7.32. The summed E-state index contributed by atoms with van der Waals surface area (Å²) < 4.78 is 58.9. The summed E-state index contributed by atoms with van der Waals surface area (Å²) >= 11 is 0. The minimum atomic E-state index is -4.26. The fraction of sp³-hybridized carbons (Fsp3) is 0.500. The monoisotopic (exact) mass is 750 g/mol. The van der Waals surface area contributed by atoms with E-state index in [1.807, 2.05) is 18.2 Å². The summed E-state index contributed by atoms with van der Waals surface area (Å²) in [6.45, 7) is 0.835. The Morgan fingerprint density at radius 3 is 2.15 bits per heavy atom. The molecule has 0 saturated carbocycles. The smallest absolute Gasteiger partial charge is 0.383 e. The number of aliphatic hydroxyl groups is 1. The predicted molar refractivity (Wildman–Crippen MR) is 195 cm³/mol. The summed E-state index contributed by atoms with van der Waals surface area (Å²) in [7, 11) is -3.26. The molecule has 0 radical (unpaired) electrons. The number of carbonyl (C=O) groups excluding carboxylic acids is 1. The highest BCUT2D eigenvalue weighted by molar-refractivity contribution is 7.51. The number of allylic oxidation sites excluding steroid dienone is 12. The second-order valence-electron chi connectivity index (χ2n) is 11.3. The number of nitrogen functional groups attached to an aromatic ring is 1. The van der Waals surface area contributed by atoms with Gasteiger partial charge in [-0.15, -0.1) is 0 Å². The lowest BCUT2D eigenvalue weighted by Gasteiger charge is -2.28. The van der Waals surface area contributed by atoms with E-state index in [1.165, 1.54) is 0 Å². The molecule has 1 saturated heterocycles. The molecule has 4 atom stereocenters. The van der Waals surface area contributed by atoms with Crippen molar-refractivity contribution in [3.63, 3.8) is 0 Å². The molecule has 1 unspecified atom stereocenters. The number of nitrogens with one attached hydrogen (secondary N) is 2. The van der Waals surface area contributed by atoms with Gasteiger partial charge in [0, 0.05) is 37.7 Å². The first-order valence-corrected chi connectivity index (χ1v) is 18.4. The van der Waals surface area contributed by atoms with Crippen LogP contribution in [0.25, 0.3) is 10.4 Å². The van der Waals surface area contributed by atoms with Crippen LogP contribution in [0.5, 0.6) is 0 Å². The number of alkyl halides is 2. The lowest BCUT2D eigenvalue weighted by molar-refractivity contribution is -0.144. The number of rotatable bonds is 24. The van der Waals surface area contributed by atoms with E-state index in [9.17, 15) is 19.3 Å². The molecular formula is C34H49F2N8O7P. The van der Waals surface area contributed by atoms with E-state index >= 15 is 8.78 Å². The molecule has 1 aromatic rings. The molecule has 0 aromatic carbocycles. The van der Waals surface area contributed by atoms with Crippen molar-refractivity contribution >= 4 is 19.5 Å². The van der Waals surface area contributed by atoms with Gasteiger partial charge in [-0.1, -0.05) is 85.0 Å². The number of ether oxygens (including phenoxy) is 1. The maximum atomic E-state index is 15.1. The van der Waals surface area contributed by atoms with E-state index in [1.54, 1.807) is 0 Å². The standard InChI is InChI=1S/C34H49F2N8O7P/c1-3-4-5-6-7-8-9-10-11-12-13-14-15-16-17-18-19-20-21-22-29(45)39-24-25-40-52(48,49-2)50-27-33(42-43-38)30(46)34(35,36)31(51-33)44-26-23-28(37)41-32(44)47/h4-5,7-8,10-11,13-14,16-17,19-20,23,26,30-31,46H,3,6,9,12,15,18,21-22,24-25,27H2,1-2H3,(H,39,45)(H,40,48)(H2,37,41,47)/b5-4-,8-7-,11-10-,14-13-,17-16-,20-19-/t30-,31-,33-,52?/m1/s1. The zero-order valence-corrected chi connectivity index (χ0v) is 30.3. The van der Waals surface area contributed by atoms with Gasteiger partial charge in [-0.25, -0.2) is 14.4 Å². The van der Waals surface area contributed by atoms with E-state index in [-0.39, 0.29) is 31.2 Å². The van der Waals surface area contributed by atoms with Crippen molar-refractivity contribution in [3.05, 3.63) is 106 Å². The van der Waals surface area contributed by atoms with Gasteiger partial charge in [0.05, 0.1) is 6.61 Å². The summed E-state index contributed by atoms with van der Waals surface area (Å²) in [5.74, 6) is -4.71. The van der Waals surface area contributed by atoms with Crippen LogP contribution in [-0.4, -0.2) is 65.1 Å². The van der Waals surface area contributed by atoms with E-state index in [0.29, 0.717) is 11.0 Å². The van der Waals surface area contributed by atoms with E-state index in [0.717, 1.165) is 57.9 Å². The van der Waals surface area contributed by atoms with Gasteiger partial charge in [0.25, 0.3) is 0 Å². The third kappa shape index (κ3) is 14.8. The Morgan fingerprint density at radius 1 is 1.08 bits per heavy atom. The number of hydrogen-bond donors (Lipinski definition) is 4. The first kappa shape index (κ1) is 44.0. The molecule has 1 aliphatic rings. The molecule has 52 heavy (non-hydrogen) atoms. The van der Waals surface area contributed by atoms with Gasteiger partial charge >= 0.3 is 19.4 Å². The van der Waals surface area contributed by atoms with Gasteiger partial charge in [-0.05, 0) is 56.5 Å². The summed E-state index contributed by atoms with van der Waals surface area (Å²) in [4.78, 5) is 30.2. The normalized spacial score (nSPS) is 21.6. The fourth-order valence-electron chi connectivity index (χ4n) is 4.59.